The van der Waals surface area contributed by atoms with Gasteiger partial charge in [0.1, 0.15) is 5.69 Å². The lowest BCUT2D eigenvalue weighted by molar-refractivity contribution is 0.0563. The Labute approximate surface area is 153 Å². The molecule has 27 heavy (non-hydrogen) atoms. The molecule has 4 aromatic rings. The molecule has 1 aliphatic rings. The number of furan rings is 1. The van der Waals surface area contributed by atoms with Gasteiger partial charge < -0.3 is 13.8 Å². The van der Waals surface area contributed by atoms with Crippen LogP contribution in [-0.4, -0.2) is 49.2 Å². The van der Waals surface area contributed by atoms with Gasteiger partial charge in [-0.3, -0.25) is 14.9 Å². The molecule has 9 heteroatoms. The van der Waals surface area contributed by atoms with E-state index in [9.17, 15) is 4.79 Å². The van der Waals surface area contributed by atoms with E-state index in [2.05, 4.69) is 25.3 Å². The van der Waals surface area contributed by atoms with Crippen LogP contribution in [0.1, 0.15) is 22.3 Å². The minimum absolute atomic E-state index is 0.0235. The minimum atomic E-state index is -0.146. The quantitative estimate of drug-likeness (QED) is 0.592. The van der Waals surface area contributed by atoms with Crippen molar-refractivity contribution >= 4 is 5.91 Å². The highest BCUT2D eigenvalue weighted by molar-refractivity contribution is 5.93. The Morgan fingerprint density at radius 1 is 1.26 bits per heavy atom. The van der Waals surface area contributed by atoms with Crippen molar-refractivity contribution in [3.8, 4) is 22.8 Å². The van der Waals surface area contributed by atoms with Crippen molar-refractivity contribution in [1.82, 2.24) is 30.2 Å². The van der Waals surface area contributed by atoms with E-state index in [1.165, 1.54) is 0 Å². The Bertz CT molecular complexity index is 1060. The van der Waals surface area contributed by atoms with Crippen LogP contribution >= 0.6 is 0 Å². The molecule has 9 nitrogen and oxygen atoms in total. The molecule has 5 heterocycles. The van der Waals surface area contributed by atoms with Gasteiger partial charge in [0, 0.05) is 37.1 Å². The van der Waals surface area contributed by atoms with Gasteiger partial charge in [0.2, 0.25) is 11.7 Å². The van der Waals surface area contributed by atoms with Crippen molar-refractivity contribution in [2.45, 2.75) is 5.92 Å². The van der Waals surface area contributed by atoms with E-state index in [1.54, 1.807) is 41.8 Å². The minimum Gasteiger partial charge on any atom is -0.463 e. The summed E-state index contributed by atoms with van der Waals surface area (Å²) in [6.45, 7) is 1.02. The zero-order chi connectivity index (χ0) is 18.2. The van der Waals surface area contributed by atoms with Gasteiger partial charge >= 0.3 is 0 Å². The lowest BCUT2D eigenvalue weighted by atomic mass is 9.99. The van der Waals surface area contributed by atoms with E-state index in [-0.39, 0.29) is 11.8 Å². The molecular formula is C18H14N6O3. The number of aromatic nitrogens is 5. The number of nitrogens with zero attached hydrogens (tertiary/aromatic N) is 5. The maximum atomic E-state index is 12.6. The second kappa shape index (κ2) is 6.20. The lowest BCUT2D eigenvalue weighted by Crippen LogP contribution is -2.48. The molecule has 5 rings (SSSR count). The maximum absolute atomic E-state index is 12.6. The van der Waals surface area contributed by atoms with Gasteiger partial charge in [0.25, 0.3) is 5.91 Å². The fourth-order valence-electron chi connectivity index (χ4n) is 2.97. The van der Waals surface area contributed by atoms with E-state index in [4.69, 9.17) is 8.94 Å². The number of pyridine rings is 1. The number of hydrogen-bond acceptors (Lipinski definition) is 7. The number of rotatable bonds is 4. The number of aromatic amines is 1. The Morgan fingerprint density at radius 3 is 2.96 bits per heavy atom. The van der Waals surface area contributed by atoms with Crippen molar-refractivity contribution in [2.24, 2.45) is 0 Å². The summed E-state index contributed by atoms with van der Waals surface area (Å²) < 4.78 is 10.6. The average Bonchev–Trinajstić information content (AvgIpc) is 3.41. The van der Waals surface area contributed by atoms with Crippen LogP contribution in [0.25, 0.3) is 22.8 Å². The molecule has 1 fully saturated rings. The summed E-state index contributed by atoms with van der Waals surface area (Å²) in [5.74, 6) is 1.54. The number of carbonyl (C=O) groups is 1. The molecule has 0 aliphatic carbocycles. The predicted molar refractivity (Wildman–Crippen MR) is 92.5 cm³/mol. The standard InChI is InChI=1S/C18H14N6O3/c25-18(14-7-13(21-22-14)15-4-2-6-26-15)24-9-12(10-24)17-20-16(23-27-17)11-3-1-5-19-8-11/h1-8,12H,9-10H2,(H,21,22). The molecule has 0 bridgehead atoms. The van der Waals surface area contributed by atoms with Crippen LogP contribution in [0.15, 0.2) is 57.9 Å². The first-order valence-corrected chi connectivity index (χ1v) is 8.40. The van der Waals surface area contributed by atoms with Crippen molar-refractivity contribution in [3.05, 3.63) is 60.6 Å². The van der Waals surface area contributed by atoms with E-state index in [1.807, 2.05) is 12.1 Å². The summed E-state index contributed by atoms with van der Waals surface area (Å²) >= 11 is 0. The van der Waals surface area contributed by atoms with Crippen LogP contribution in [0.2, 0.25) is 0 Å². The van der Waals surface area contributed by atoms with Gasteiger partial charge in [0.05, 0.1) is 12.2 Å². The number of likely N-dealkylation sites (tertiary alicyclic amines) is 1. The first-order valence-electron chi connectivity index (χ1n) is 8.40. The summed E-state index contributed by atoms with van der Waals surface area (Å²) in [4.78, 5) is 22.7. The second-order valence-electron chi connectivity index (χ2n) is 6.25. The molecule has 0 atom stereocenters. The fourth-order valence-corrected chi connectivity index (χ4v) is 2.97. The Hall–Kier alpha value is -3.75. The summed E-state index contributed by atoms with van der Waals surface area (Å²) in [7, 11) is 0. The summed E-state index contributed by atoms with van der Waals surface area (Å²) in [5.41, 5.74) is 1.81. The molecule has 1 saturated heterocycles. The van der Waals surface area contributed by atoms with Crippen LogP contribution in [0.5, 0.6) is 0 Å². The van der Waals surface area contributed by atoms with Crippen molar-refractivity contribution in [2.75, 3.05) is 13.1 Å². The highest BCUT2D eigenvalue weighted by Crippen LogP contribution is 2.29. The van der Waals surface area contributed by atoms with Gasteiger partial charge in [-0.05, 0) is 24.3 Å². The smallest absolute Gasteiger partial charge is 0.274 e. The van der Waals surface area contributed by atoms with E-state index in [0.717, 1.165) is 5.56 Å². The van der Waals surface area contributed by atoms with Crippen LogP contribution in [0.4, 0.5) is 0 Å². The van der Waals surface area contributed by atoms with Gasteiger partial charge in [-0.25, -0.2) is 0 Å². The molecule has 1 amide bonds. The zero-order valence-electron chi connectivity index (χ0n) is 14.1. The SMILES string of the molecule is O=C(c1cc(-c2ccco2)[nH]n1)N1CC(c2nc(-c3cccnc3)no2)C1. The maximum Gasteiger partial charge on any atom is 0.274 e. The van der Waals surface area contributed by atoms with Gasteiger partial charge in [-0.1, -0.05) is 5.16 Å². The number of hydrogen-bond donors (Lipinski definition) is 1. The molecule has 1 aliphatic heterocycles. The highest BCUT2D eigenvalue weighted by Gasteiger charge is 2.37. The molecule has 134 valence electrons. The number of carbonyl (C=O) groups excluding carboxylic acids is 1. The average molecular weight is 362 g/mol. The summed E-state index contributed by atoms with van der Waals surface area (Å²) in [6.07, 6.45) is 4.94. The molecule has 4 aromatic heterocycles. The van der Waals surface area contributed by atoms with Gasteiger partial charge in [-0.15, -0.1) is 0 Å². The number of nitrogens with one attached hydrogen (secondary N) is 1. The van der Waals surface area contributed by atoms with Crippen LogP contribution in [0.3, 0.4) is 0 Å². The van der Waals surface area contributed by atoms with Crippen molar-refractivity contribution < 1.29 is 13.7 Å². The molecule has 0 radical (unpaired) electrons. The first-order chi connectivity index (χ1) is 13.3. The Morgan fingerprint density at radius 2 is 2.19 bits per heavy atom. The lowest BCUT2D eigenvalue weighted by Gasteiger charge is -2.36. The molecule has 0 saturated carbocycles. The topological polar surface area (TPSA) is 114 Å². The normalized spacial score (nSPS) is 14.3. The molecule has 0 unspecified atom stereocenters. The van der Waals surface area contributed by atoms with Gasteiger partial charge in [0.15, 0.2) is 11.5 Å². The van der Waals surface area contributed by atoms with Crippen LogP contribution in [0, 0.1) is 0 Å². The van der Waals surface area contributed by atoms with E-state index in [0.29, 0.717) is 42.0 Å². The third-order valence-corrected chi connectivity index (χ3v) is 4.46. The third-order valence-electron chi connectivity index (χ3n) is 4.46. The Kier molecular flexibility index (Phi) is 3.56. The van der Waals surface area contributed by atoms with Crippen LogP contribution < -0.4 is 0 Å². The predicted octanol–water partition coefficient (Wildman–Crippen LogP) is 2.35. The number of H-pyrrole nitrogens is 1. The number of amides is 1. The summed E-state index contributed by atoms with van der Waals surface area (Å²) in [5, 5.41) is 10.9. The van der Waals surface area contributed by atoms with Crippen LogP contribution in [-0.2, 0) is 0 Å². The van der Waals surface area contributed by atoms with Crippen molar-refractivity contribution in [3.63, 3.8) is 0 Å². The molecule has 0 aromatic carbocycles. The first kappa shape index (κ1) is 15.5. The molecular weight excluding hydrogens is 348 g/mol. The van der Waals surface area contributed by atoms with Gasteiger partial charge in [-0.2, -0.15) is 10.1 Å². The second-order valence-corrected chi connectivity index (χ2v) is 6.25. The fraction of sp³-hybridized carbons (Fsp3) is 0.167. The van der Waals surface area contributed by atoms with Crippen molar-refractivity contribution in [1.29, 1.82) is 0 Å². The zero-order valence-corrected chi connectivity index (χ0v) is 14.1. The summed E-state index contributed by atoms with van der Waals surface area (Å²) in [6, 6.07) is 8.95. The molecule has 0 spiro atoms. The Balaban J connectivity index is 1.24. The van der Waals surface area contributed by atoms with E-state index >= 15 is 0 Å². The molecule has 1 N–H and O–H groups in total. The third kappa shape index (κ3) is 2.78. The monoisotopic (exact) mass is 362 g/mol. The largest absolute Gasteiger partial charge is 0.463 e. The highest BCUT2D eigenvalue weighted by atomic mass is 16.5. The van der Waals surface area contributed by atoms with E-state index < -0.39 is 0 Å².